The van der Waals surface area contributed by atoms with E-state index in [1.165, 1.54) is 22.3 Å². The van der Waals surface area contributed by atoms with Gasteiger partial charge < -0.3 is 0 Å². The van der Waals surface area contributed by atoms with Crippen molar-refractivity contribution < 1.29 is 0 Å². The SMILES string of the molecule is C=C1C=C(C=CC)c2ccccc2C1. The standard InChI is InChI=1S/C14H14/c1-3-6-12-9-11(2)10-13-7-4-5-8-14(12)13/h3-9H,2,10H2,1H3. The Labute approximate surface area is 85.3 Å². The predicted molar refractivity (Wildman–Crippen MR) is 62.1 cm³/mol. The number of benzene rings is 1. The molecule has 0 bridgehead atoms. The maximum atomic E-state index is 4.04. The van der Waals surface area contributed by atoms with Crippen molar-refractivity contribution in [1.82, 2.24) is 0 Å². The van der Waals surface area contributed by atoms with Crippen molar-refractivity contribution in [1.29, 1.82) is 0 Å². The zero-order valence-electron chi connectivity index (χ0n) is 8.46. The van der Waals surface area contributed by atoms with Gasteiger partial charge in [0.25, 0.3) is 0 Å². The molecule has 14 heavy (non-hydrogen) atoms. The molecule has 0 heteroatoms. The lowest BCUT2D eigenvalue weighted by Crippen LogP contribution is -1.99. The van der Waals surface area contributed by atoms with Gasteiger partial charge in [0.05, 0.1) is 0 Å². The number of rotatable bonds is 1. The second-order valence-electron chi connectivity index (χ2n) is 3.59. The highest BCUT2D eigenvalue weighted by molar-refractivity contribution is 5.80. The van der Waals surface area contributed by atoms with Gasteiger partial charge in [0.2, 0.25) is 0 Å². The van der Waals surface area contributed by atoms with Gasteiger partial charge in [-0.15, -0.1) is 0 Å². The van der Waals surface area contributed by atoms with E-state index < -0.39 is 0 Å². The molecule has 0 aromatic heterocycles. The second kappa shape index (κ2) is 3.67. The highest BCUT2D eigenvalue weighted by Gasteiger charge is 2.10. The van der Waals surface area contributed by atoms with E-state index in [2.05, 4.69) is 49.1 Å². The first-order chi connectivity index (χ1) is 6.81. The summed E-state index contributed by atoms with van der Waals surface area (Å²) in [5.41, 5.74) is 5.20. The number of fused-ring (bicyclic) bond motifs is 1. The third-order valence-electron chi connectivity index (χ3n) is 2.45. The fourth-order valence-electron chi connectivity index (χ4n) is 1.87. The molecule has 0 spiro atoms. The molecule has 0 atom stereocenters. The highest BCUT2D eigenvalue weighted by atomic mass is 14.1. The van der Waals surface area contributed by atoms with Crippen LogP contribution < -0.4 is 0 Å². The molecule has 2 rings (SSSR count). The molecule has 1 aliphatic carbocycles. The number of allylic oxidation sites excluding steroid dienone is 5. The quantitative estimate of drug-likeness (QED) is 0.620. The van der Waals surface area contributed by atoms with Crippen LogP contribution in [0.3, 0.4) is 0 Å². The summed E-state index contributed by atoms with van der Waals surface area (Å²) in [5.74, 6) is 0. The van der Waals surface area contributed by atoms with Crippen LogP contribution in [0.2, 0.25) is 0 Å². The van der Waals surface area contributed by atoms with Crippen molar-refractivity contribution in [3.63, 3.8) is 0 Å². The van der Waals surface area contributed by atoms with Crippen molar-refractivity contribution in [2.24, 2.45) is 0 Å². The summed E-state index contributed by atoms with van der Waals surface area (Å²) in [5, 5.41) is 0. The Hall–Kier alpha value is -1.56. The fourth-order valence-corrected chi connectivity index (χ4v) is 1.87. The van der Waals surface area contributed by atoms with Gasteiger partial charge in [-0.3, -0.25) is 0 Å². The molecular formula is C14H14. The van der Waals surface area contributed by atoms with Gasteiger partial charge in [-0.1, -0.05) is 54.6 Å². The highest BCUT2D eigenvalue weighted by Crippen LogP contribution is 2.28. The molecule has 0 amide bonds. The van der Waals surface area contributed by atoms with E-state index >= 15 is 0 Å². The van der Waals surface area contributed by atoms with Gasteiger partial charge in [0.15, 0.2) is 0 Å². The largest absolute Gasteiger partial charge is 0.0955 e. The average Bonchev–Trinajstić information content (AvgIpc) is 2.18. The Morgan fingerprint density at radius 1 is 1.29 bits per heavy atom. The van der Waals surface area contributed by atoms with Crippen molar-refractivity contribution in [2.75, 3.05) is 0 Å². The van der Waals surface area contributed by atoms with E-state index in [0.717, 1.165) is 6.42 Å². The zero-order chi connectivity index (χ0) is 9.97. The molecule has 70 valence electrons. The third-order valence-corrected chi connectivity index (χ3v) is 2.45. The van der Waals surface area contributed by atoms with Crippen molar-refractivity contribution in [3.05, 3.63) is 65.8 Å². The number of hydrogen-bond donors (Lipinski definition) is 0. The summed E-state index contributed by atoms with van der Waals surface area (Å²) in [6.07, 6.45) is 7.37. The van der Waals surface area contributed by atoms with Crippen LogP contribution in [0.25, 0.3) is 5.57 Å². The van der Waals surface area contributed by atoms with Gasteiger partial charge in [-0.2, -0.15) is 0 Å². The predicted octanol–water partition coefficient (Wildman–Crippen LogP) is 3.76. The van der Waals surface area contributed by atoms with Gasteiger partial charge in [0.1, 0.15) is 0 Å². The first-order valence-corrected chi connectivity index (χ1v) is 4.91. The van der Waals surface area contributed by atoms with E-state index in [1.54, 1.807) is 0 Å². The Balaban J connectivity index is 2.55. The van der Waals surface area contributed by atoms with E-state index in [4.69, 9.17) is 0 Å². The van der Waals surface area contributed by atoms with Gasteiger partial charge >= 0.3 is 0 Å². The average molecular weight is 182 g/mol. The third kappa shape index (κ3) is 1.56. The van der Waals surface area contributed by atoms with Gasteiger partial charge in [0, 0.05) is 0 Å². The van der Waals surface area contributed by atoms with Crippen LogP contribution in [0.4, 0.5) is 0 Å². The first kappa shape index (κ1) is 9.01. The smallest absolute Gasteiger partial charge is 0.00253 e. The minimum Gasteiger partial charge on any atom is -0.0955 e. The van der Waals surface area contributed by atoms with E-state index in [0.29, 0.717) is 0 Å². The van der Waals surface area contributed by atoms with Crippen LogP contribution in [0, 0.1) is 0 Å². The lowest BCUT2D eigenvalue weighted by atomic mass is 9.88. The maximum Gasteiger partial charge on any atom is -0.00253 e. The molecule has 1 aromatic carbocycles. The van der Waals surface area contributed by atoms with Crippen molar-refractivity contribution in [3.8, 4) is 0 Å². The summed E-state index contributed by atoms with van der Waals surface area (Å²) in [7, 11) is 0. The summed E-state index contributed by atoms with van der Waals surface area (Å²) >= 11 is 0. The molecule has 0 nitrogen and oxygen atoms in total. The Kier molecular flexibility index (Phi) is 2.36. The Morgan fingerprint density at radius 2 is 2.07 bits per heavy atom. The fraction of sp³-hybridized carbons (Fsp3) is 0.143. The molecule has 0 heterocycles. The summed E-state index contributed by atoms with van der Waals surface area (Å²) < 4.78 is 0. The topological polar surface area (TPSA) is 0 Å². The summed E-state index contributed by atoms with van der Waals surface area (Å²) in [6.45, 7) is 6.08. The maximum absolute atomic E-state index is 4.04. The van der Waals surface area contributed by atoms with Crippen LogP contribution in [0.5, 0.6) is 0 Å². The molecular weight excluding hydrogens is 168 g/mol. The zero-order valence-corrected chi connectivity index (χ0v) is 8.46. The van der Waals surface area contributed by atoms with Crippen LogP contribution in [0.1, 0.15) is 18.1 Å². The Bertz CT molecular complexity index is 419. The molecule has 0 saturated carbocycles. The molecule has 0 unspecified atom stereocenters. The Morgan fingerprint density at radius 3 is 2.86 bits per heavy atom. The van der Waals surface area contributed by atoms with Crippen molar-refractivity contribution >= 4 is 5.57 Å². The molecule has 0 aliphatic heterocycles. The molecule has 0 saturated heterocycles. The molecule has 1 aliphatic rings. The van der Waals surface area contributed by atoms with Crippen LogP contribution >= 0.6 is 0 Å². The minimum atomic E-state index is 0.983. The number of hydrogen-bond acceptors (Lipinski definition) is 0. The van der Waals surface area contributed by atoms with Crippen molar-refractivity contribution in [2.45, 2.75) is 13.3 Å². The van der Waals surface area contributed by atoms with Gasteiger partial charge in [-0.25, -0.2) is 0 Å². The van der Waals surface area contributed by atoms with Crippen LogP contribution in [0.15, 0.2) is 54.6 Å². The van der Waals surface area contributed by atoms with Gasteiger partial charge in [-0.05, 0) is 30.0 Å². The first-order valence-electron chi connectivity index (χ1n) is 4.91. The van der Waals surface area contributed by atoms with Crippen LogP contribution in [-0.2, 0) is 6.42 Å². The second-order valence-corrected chi connectivity index (χ2v) is 3.59. The molecule has 0 fully saturated rings. The van der Waals surface area contributed by atoms with E-state index in [9.17, 15) is 0 Å². The normalized spacial score (nSPS) is 15.5. The van der Waals surface area contributed by atoms with E-state index in [1.807, 2.05) is 6.92 Å². The minimum absolute atomic E-state index is 0.983. The molecule has 0 radical (unpaired) electrons. The van der Waals surface area contributed by atoms with E-state index in [-0.39, 0.29) is 0 Å². The lowest BCUT2D eigenvalue weighted by Gasteiger charge is -2.16. The monoisotopic (exact) mass is 182 g/mol. The summed E-state index contributed by atoms with van der Waals surface area (Å²) in [4.78, 5) is 0. The summed E-state index contributed by atoms with van der Waals surface area (Å²) in [6, 6.07) is 8.53. The lowest BCUT2D eigenvalue weighted by molar-refractivity contribution is 1.17. The molecule has 1 aromatic rings. The molecule has 0 N–H and O–H groups in total. The van der Waals surface area contributed by atoms with Crippen LogP contribution in [-0.4, -0.2) is 0 Å².